The van der Waals surface area contributed by atoms with Gasteiger partial charge in [-0.2, -0.15) is 0 Å². The van der Waals surface area contributed by atoms with Crippen LogP contribution in [-0.2, 0) is 0 Å². The Bertz CT molecular complexity index is 202. The van der Waals surface area contributed by atoms with Crippen LogP contribution < -0.4 is -0.342 Å². The maximum absolute atomic E-state index is 12.4. The number of rotatable bonds is 0. The average Bonchev–Trinajstić information content (AvgIpc) is 1.83. The number of hydrogen-bond donors (Lipinski definition) is 0. The summed E-state index contributed by atoms with van der Waals surface area (Å²) in [4.78, 5) is 0. The Morgan fingerprint density at radius 2 is 1.89 bits per heavy atom. The van der Waals surface area contributed by atoms with Crippen LogP contribution in [-0.4, -0.2) is 49.0 Å². The van der Waals surface area contributed by atoms with Crippen molar-refractivity contribution in [3.63, 3.8) is 0 Å². The molecule has 0 aromatic heterocycles. The van der Waals surface area contributed by atoms with E-state index < -0.39 is 11.6 Å². The molecule has 3 heteroatoms. The van der Waals surface area contributed by atoms with Crippen LogP contribution >= 0.6 is 0 Å². The molecule has 0 aliphatic carbocycles. The molecule has 0 nitrogen and oxygen atoms in total. The van der Waals surface area contributed by atoms with Crippen molar-refractivity contribution in [1.29, 1.82) is 0 Å². The summed E-state index contributed by atoms with van der Waals surface area (Å²) < 4.78 is 25.2. The molecule has 1 rings (SSSR count). The fourth-order valence-corrected chi connectivity index (χ4v) is 1.29. The van der Waals surface area contributed by atoms with E-state index in [-0.39, 0.29) is 49.0 Å². The first-order valence-corrected chi connectivity index (χ1v) is 4.18. The van der Waals surface area contributed by atoms with Crippen molar-refractivity contribution < 1.29 is 8.78 Å². The van der Waals surface area contributed by atoms with Crippen LogP contribution in [0.1, 0.15) is 0 Å². The topological polar surface area (TPSA) is 0 Å². The molecular formula is C6H3F2K. The Morgan fingerprint density at radius 3 is 2.33 bits per heavy atom. The second kappa shape index (κ2) is 3.21. The average molecular weight is 152 g/mol. The molecule has 0 atom stereocenters. The number of halogens is 2. The monoisotopic (exact) mass is 152 g/mol. The van der Waals surface area contributed by atoms with Gasteiger partial charge in [0.1, 0.15) is 0 Å². The molecule has 0 saturated heterocycles. The molecule has 1 aromatic carbocycles. The summed E-state index contributed by atoms with van der Waals surface area (Å²) >= 11 is 0.221. The third kappa shape index (κ3) is 1.82. The van der Waals surface area contributed by atoms with Crippen molar-refractivity contribution in [3.05, 3.63) is 29.8 Å². The third-order valence-electron chi connectivity index (χ3n) is 1.14. The molecule has 1 aromatic rings. The second-order valence-electron chi connectivity index (χ2n) is 1.87. The van der Waals surface area contributed by atoms with Crippen molar-refractivity contribution in [2.75, 3.05) is 0 Å². The summed E-state index contributed by atoms with van der Waals surface area (Å²) in [6.07, 6.45) is 0. The quantitative estimate of drug-likeness (QED) is 0.481. The van der Waals surface area contributed by atoms with Crippen molar-refractivity contribution in [1.82, 2.24) is 0 Å². The Labute approximate surface area is 85.8 Å². The Hall–Kier alpha value is 0.716. The van der Waals surface area contributed by atoms with Gasteiger partial charge in [-0.3, -0.25) is 0 Å². The van der Waals surface area contributed by atoms with E-state index in [1.54, 1.807) is 6.07 Å². The predicted octanol–water partition coefficient (Wildman–Crippen LogP) is 0.759. The fraction of sp³-hybridized carbons (Fsp3) is 0. The van der Waals surface area contributed by atoms with E-state index >= 15 is 0 Å². The molecule has 0 spiro atoms. The summed E-state index contributed by atoms with van der Waals surface area (Å²) in [5, 5.41) is 0. The zero-order valence-electron chi connectivity index (χ0n) is 4.99. The van der Waals surface area contributed by atoms with Gasteiger partial charge in [0, 0.05) is 0 Å². The van der Waals surface area contributed by atoms with Crippen molar-refractivity contribution in [3.8, 4) is 0 Å². The first-order chi connectivity index (χ1) is 4.22. The van der Waals surface area contributed by atoms with Gasteiger partial charge >= 0.3 is 87.2 Å². The van der Waals surface area contributed by atoms with Gasteiger partial charge < -0.3 is 0 Å². The van der Waals surface area contributed by atoms with E-state index in [4.69, 9.17) is 0 Å². The second-order valence-corrected chi connectivity index (χ2v) is 3.55. The van der Waals surface area contributed by atoms with Crippen LogP contribution in [0, 0.1) is 11.6 Å². The molecule has 0 unspecified atom stereocenters. The van der Waals surface area contributed by atoms with Gasteiger partial charge in [-0.1, -0.05) is 0 Å². The van der Waals surface area contributed by atoms with E-state index in [0.29, 0.717) is -0.342 Å². The van der Waals surface area contributed by atoms with E-state index in [1.165, 1.54) is 6.07 Å². The van der Waals surface area contributed by atoms with Crippen LogP contribution in [0.25, 0.3) is 0 Å². The number of hydrogen-bond acceptors (Lipinski definition) is 0. The Kier molecular flexibility index (Phi) is 2.79. The van der Waals surface area contributed by atoms with Gasteiger partial charge in [0.05, 0.1) is 0 Å². The molecule has 0 saturated carbocycles. The van der Waals surface area contributed by atoms with Crippen LogP contribution in [0.4, 0.5) is 8.78 Å². The Balaban J connectivity index is 3.25. The van der Waals surface area contributed by atoms with Gasteiger partial charge in [0.15, 0.2) is 0 Å². The van der Waals surface area contributed by atoms with E-state index in [2.05, 4.69) is 0 Å². The van der Waals surface area contributed by atoms with Gasteiger partial charge in [0.2, 0.25) is 0 Å². The molecule has 0 amide bonds. The summed E-state index contributed by atoms with van der Waals surface area (Å²) in [5.41, 5.74) is 0. The number of benzene rings is 1. The van der Waals surface area contributed by atoms with E-state index in [9.17, 15) is 8.78 Å². The van der Waals surface area contributed by atoms with Gasteiger partial charge in [0.25, 0.3) is 0 Å². The minimum absolute atomic E-state index is 0.221. The van der Waals surface area contributed by atoms with E-state index in [0.717, 1.165) is 6.07 Å². The first kappa shape index (κ1) is 7.82. The molecule has 9 heavy (non-hydrogen) atoms. The Morgan fingerprint density at radius 1 is 1.22 bits per heavy atom. The first-order valence-electron chi connectivity index (χ1n) is 2.62. The molecular weight excluding hydrogens is 149 g/mol. The van der Waals surface area contributed by atoms with Crippen molar-refractivity contribution >= 4 is 48.6 Å². The molecule has 0 aliphatic heterocycles. The zero-order valence-corrected chi connectivity index (χ0v) is 8.11. The summed E-state index contributed by atoms with van der Waals surface area (Å²) in [6.45, 7) is 0. The molecule has 0 N–H and O–H groups in total. The van der Waals surface area contributed by atoms with E-state index in [1.807, 2.05) is 0 Å². The summed E-state index contributed by atoms with van der Waals surface area (Å²) in [6, 6.07) is 4.27. The van der Waals surface area contributed by atoms with Crippen LogP contribution in [0.15, 0.2) is 18.2 Å². The molecule has 0 fully saturated rings. The summed E-state index contributed by atoms with van der Waals surface area (Å²) in [7, 11) is 0. The van der Waals surface area contributed by atoms with Gasteiger partial charge in [-0.15, -0.1) is 0 Å². The van der Waals surface area contributed by atoms with Crippen molar-refractivity contribution in [2.24, 2.45) is 0 Å². The zero-order chi connectivity index (χ0) is 6.85. The van der Waals surface area contributed by atoms with Gasteiger partial charge in [-0.25, -0.2) is 0 Å². The molecule has 0 bridgehead atoms. The molecule has 42 valence electrons. The summed E-state index contributed by atoms with van der Waals surface area (Å²) in [5.74, 6) is -1.40. The van der Waals surface area contributed by atoms with Crippen molar-refractivity contribution in [2.45, 2.75) is 0 Å². The minimum atomic E-state index is -0.736. The molecule has 0 heterocycles. The van der Waals surface area contributed by atoms with Crippen LogP contribution in [0.5, 0.6) is 0 Å². The van der Waals surface area contributed by atoms with Gasteiger partial charge in [-0.05, 0) is 0 Å². The predicted molar refractivity (Wildman–Crippen MR) is 31.7 cm³/mol. The SMILES string of the molecule is Fc1ccc[c]([K])c1F. The van der Waals surface area contributed by atoms with Crippen LogP contribution in [0.2, 0.25) is 0 Å². The standard InChI is InChI=1S/C6H3F2.K/c7-5-3-1-2-4-6(5)8;/h1-3H;. The molecule has 0 aliphatic rings. The van der Waals surface area contributed by atoms with Crippen LogP contribution in [0.3, 0.4) is 0 Å². The fourth-order valence-electron chi connectivity index (χ4n) is 0.612. The third-order valence-corrected chi connectivity index (χ3v) is 2.35. The molecule has 0 radical (unpaired) electrons. The maximum atomic E-state index is 12.4. The normalized spacial score (nSPS) is 9.78.